The Morgan fingerprint density at radius 1 is 1.22 bits per heavy atom. The second kappa shape index (κ2) is 7.19. The summed E-state index contributed by atoms with van der Waals surface area (Å²) in [5, 5.41) is 13.7. The molecule has 8 heteroatoms. The van der Waals surface area contributed by atoms with Crippen LogP contribution in [0.15, 0.2) is 46.2 Å². The van der Waals surface area contributed by atoms with Crippen molar-refractivity contribution in [2.24, 2.45) is 0 Å². The predicted octanol–water partition coefficient (Wildman–Crippen LogP) is 3.77. The Labute approximate surface area is 134 Å². The van der Waals surface area contributed by atoms with Crippen molar-refractivity contribution in [3.05, 3.63) is 63.7 Å². The molecular formula is C15H12F2N2O3S. The standard InChI is InChI=1S/C15H12F2N2O3S/c1-2-18-15(20)9-3-5-12(19(21)22)14(7-9)23-13-6-4-10(16)8-11(13)17/h3-8H,2H2,1H3,(H,18,20). The molecule has 1 N–H and O–H groups in total. The topological polar surface area (TPSA) is 72.2 Å². The molecule has 2 aromatic carbocycles. The number of nitro benzene ring substituents is 1. The molecule has 120 valence electrons. The second-order valence-corrected chi connectivity index (χ2v) is 5.56. The molecule has 0 radical (unpaired) electrons. The Morgan fingerprint density at radius 2 is 1.96 bits per heavy atom. The van der Waals surface area contributed by atoms with Crippen LogP contribution in [0.4, 0.5) is 14.5 Å². The van der Waals surface area contributed by atoms with Crippen molar-refractivity contribution >= 4 is 23.4 Å². The Hall–Kier alpha value is -2.48. The molecule has 0 heterocycles. The van der Waals surface area contributed by atoms with E-state index in [2.05, 4.69) is 5.32 Å². The van der Waals surface area contributed by atoms with Gasteiger partial charge in [0.1, 0.15) is 11.6 Å². The van der Waals surface area contributed by atoms with Gasteiger partial charge in [0.2, 0.25) is 0 Å². The molecule has 0 aliphatic heterocycles. The molecule has 0 atom stereocenters. The molecule has 0 aromatic heterocycles. The molecule has 0 spiro atoms. The lowest BCUT2D eigenvalue weighted by molar-refractivity contribution is -0.387. The van der Waals surface area contributed by atoms with Crippen molar-refractivity contribution in [2.45, 2.75) is 16.7 Å². The summed E-state index contributed by atoms with van der Waals surface area (Å²) >= 11 is 0.764. The predicted molar refractivity (Wildman–Crippen MR) is 81.6 cm³/mol. The molecule has 2 rings (SSSR count). The molecular weight excluding hydrogens is 326 g/mol. The van der Waals surface area contributed by atoms with Gasteiger partial charge < -0.3 is 5.32 Å². The van der Waals surface area contributed by atoms with Crippen LogP contribution in [-0.2, 0) is 0 Å². The highest BCUT2D eigenvalue weighted by atomic mass is 32.2. The summed E-state index contributed by atoms with van der Waals surface area (Å²) in [6.45, 7) is 2.15. The van der Waals surface area contributed by atoms with Crippen LogP contribution in [-0.4, -0.2) is 17.4 Å². The number of halogens is 2. The molecule has 0 aliphatic rings. The smallest absolute Gasteiger partial charge is 0.283 e. The number of amides is 1. The normalized spacial score (nSPS) is 10.4. The Kier molecular flexibility index (Phi) is 5.28. The van der Waals surface area contributed by atoms with Crippen molar-refractivity contribution in [1.29, 1.82) is 0 Å². The van der Waals surface area contributed by atoms with Gasteiger partial charge in [-0.1, -0.05) is 11.8 Å². The minimum atomic E-state index is -0.826. The van der Waals surface area contributed by atoms with Gasteiger partial charge in [0.05, 0.1) is 9.82 Å². The molecule has 1 amide bonds. The van der Waals surface area contributed by atoms with E-state index < -0.39 is 16.6 Å². The minimum absolute atomic E-state index is 0.0301. The quantitative estimate of drug-likeness (QED) is 0.665. The highest BCUT2D eigenvalue weighted by Gasteiger charge is 2.19. The van der Waals surface area contributed by atoms with Gasteiger partial charge in [0.25, 0.3) is 11.6 Å². The van der Waals surface area contributed by atoms with Crippen LogP contribution >= 0.6 is 11.8 Å². The second-order valence-electron chi connectivity index (χ2n) is 4.48. The SMILES string of the molecule is CCNC(=O)c1ccc([N+](=O)[O-])c(Sc2ccc(F)cc2F)c1. The zero-order valence-corrected chi connectivity index (χ0v) is 12.8. The lowest BCUT2D eigenvalue weighted by Gasteiger charge is -2.07. The fraction of sp³-hybridized carbons (Fsp3) is 0.133. The minimum Gasteiger partial charge on any atom is -0.352 e. The zero-order valence-electron chi connectivity index (χ0n) is 12.0. The largest absolute Gasteiger partial charge is 0.352 e. The summed E-state index contributed by atoms with van der Waals surface area (Å²) in [6.07, 6.45) is 0. The van der Waals surface area contributed by atoms with E-state index in [4.69, 9.17) is 0 Å². The molecule has 0 aliphatic carbocycles. The van der Waals surface area contributed by atoms with Gasteiger partial charge in [-0.2, -0.15) is 0 Å². The van der Waals surface area contributed by atoms with Gasteiger partial charge in [-0.15, -0.1) is 0 Å². The number of hydrogen-bond acceptors (Lipinski definition) is 4. The van der Waals surface area contributed by atoms with Crippen molar-refractivity contribution < 1.29 is 18.5 Å². The van der Waals surface area contributed by atoms with Gasteiger partial charge in [0.15, 0.2) is 0 Å². The van der Waals surface area contributed by atoms with Crippen LogP contribution in [0.1, 0.15) is 17.3 Å². The summed E-state index contributed by atoms with van der Waals surface area (Å²) in [5.74, 6) is -1.95. The third-order valence-corrected chi connectivity index (χ3v) is 3.97. The molecule has 0 saturated carbocycles. The number of nitrogens with zero attached hydrogens (tertiary/aromatic N) is 1. The number of nitro groups is 1. The van der Waals surface area contributed by atoms with Crippen LogP contribution in [0.3, 0.4) is 0 Å². The Balaban J connectivity index is 2.43. The number of hydrogen-bond donors (Lipinski definition) is 1. The molecule has 2 aromatic rings. The van der Waals surface area contributed by atoms with Gasteiger partial charge in [-0.25, -0.2) is 8.78 Å². The van der Waals surface area contributed by atoms with E-state index in [0.717, 1.165) is 17.8 Å². The van der Waals surface area contributed by atoms with Crippen LogP contribution in [0.5, 0.6) is 0 Å². The Bertz CT molecular complexity index is 768. The van der Waals surface area contributed by atoms with Crippen LogP contribution < -0.4 is 5.32 Å². The molecule has 0 saturated heterocycles. The first kappa shape index (κ1) is 16.9. The van der Waals surface area contributed by atoms with E-state index >= 15 is 0 Å². The fourth-order valence-corrected chi connectivity index (χ4v) is 2.79. The van der Waals surface area contributed by atoms with E-state index in [1.165, 1.54) is 24.3 Å². The van der Waals surface area contributed by atoms with Gasteiger partial charge in [-0.3, -0.25) is 14.9 Å². The van der Waals surface area contributed by atoms with Crippen LogP contribution in [0, 0.1) is 21.7 Å². The lowest BCUT2D eigenvalue weighted by atomic mass is 10.2. The monoisotopic (exact) mass is 338 g/mol. The molecule has 0 bridgehead atoms. The fourth-order valence-electron chi connectivity index (χ4n) is 1.83. The first-order chi connectivity index (χ1) is 10.9. The first-order valence-electron chi connectivity index (χ1n) is 6.62. The van der Waals surface area contributed by atoms with E-state index in [1.54, 1.807) is 6.92 Å². The van der Waals surface area contributed by atoms with Crippen molar-refractivity contribution in [3.63, 3.8) is 0 Å². The Morgan fingerprint density at radius 3 is 2.57 bits per heavy atom. The summed E-state index contributed by atoms with van der Waals surface area (Å²) in [4.78, 5) is 22.4. The average Bonchev–Trinajstić information content (AvgIpc) is 2.50. The van der Waals surface area contributed by atoms with Crippen molar-refractivity contribution in [1.82, 2.24) is 5.32 Å². The summed E-state index contributed by atoms with van der Waals surface area (Å²) in [7, 11) is 0. The molecule has 23 heavy (non-hydrogen) atoms. The molecule has 0 unspecified atom stereocenters. The number of nitrogens with one attached hydrogen (secondary N) is 1. The molecule has 0 fully saturated rings. The number of rotatable bonds is 5. The maximum Gasteiger partial charge on any atom is 0.283 e. The third-order valence-electron chi connectivity index (χ3n) is 2.87. The average molecular weight is 338 g/mol. The molecule has 5 nitrogen and oxygen atoms in total. The maximum atomic E-state index is 13.7. The highest BCUT2D eigenvalue weighted by molar-refractivity contribution is 7.99. The number of carbonyl (C=O) groups excluding carboxylic acids is 1. The lowest BCUT2D eigenvalue weighted by Crippen LogP contribution is -2.22. The third kappa shape index (κ3) is 4.04. The van der Waals surface area contributed by atoms with Crippen LogP contribution in [0.25, 0.3) is 0 Å². The zero-order chi connectivity index (χ0) is 17.0. The van der Waals surface area contributed by atoms with E-state index in [9.17, 15) is 23.7 Å². The summed E-state index contributed by atoms with van der Waals surface area (Å²) in [6, 6.07) is 6.78. The van der Waals surface area contributed by atoms with Gasteiger partial charge in [0, 0.05) is 29.1 Å². The summed E-state index contributed by atoms with van der Waals surface area (Å²) < 4.78 is 26.7. The van der Waals surface area contributed by atoms with Crippen LogP contribution in [0.2, 0.25) is 0 Å². The van der Waals surface area contributed by atoms with Crippen molar-refractivity contribution in [2.75, 3.05) is 6.54 Å². The summed E-state index contributed by atoms with van der Waals surface area (Å²) in [5.41, 5.74) is -0.0331. The first-order valence-corrected chi connectivity index (χ1v) is 7.43. The van der Waals surface area contributed by atoms with Gasteiger partial charge >= 0.3 is 0 Å². The number of benzene rings is 2. The number of carbonyl (C=O) groups is 1. The van der Waals surface area contributed by atoms with E-state index in [0.29, 0.717) is 12.6 Å². The van der Waals surface area contributed by atoms with Crippen molar-refractivity contribution in [3.8, 4) is 0 Å². The van der Waals surface area contributed by atoms with E-state index in [-0.39, 0.29) is 26.9 Å². The van der Waals surface area contributed by atoms with Gasteiger partial charge in [-0.05, 0) is 31.2 Å². The highest BCUT2D eigenvalue weighted by Crippen LogP contribution is 2.36. The van der Waals surface area contributed by atoms with E-state index in [1.807, 2.05) is 0 Å². The maximum absolute atomic E-state index is 13.7.